The van der Waals surface area contributed by atoms with Gasteiger partial charge in [0.1, 0.15) is 0 Å². The Morgan fingerprint density at radius 1 is 1.52 bits per heavy atom. The second-order valence-corrected chi connectivity index (χ2v) is 6.09. The maximum Gasteiger partial charge on any atom is 0.254 e. The van der Waals surface area contributed by atoms with Crippen LogP contribution in [0.4, 0.5) is 0 Å². The molecule has 1 fully saturated rings. The summed E-state index contributed by atoms with van der Waals surface area (Å²) in [6.07, 6.45) is 4.79. The molecule has 0 bridgehead atoms. The summed E-state index contributed by atoms with van der Waals surface area (Å²) in [5.41, 5.74) is 3.99. The lowest BCUT2D eigenvalue weighted by Crippen LogP contribution is -2.22. The van der Waals surface area contributed by atoms with E-state index < -0.39 is 0 Å². The van der Waals surface area contributed by atoms with E-state index in [9.17, 15) is 4.79 Å². The lowest BCUT2D eigenvalue weighted by Gasteiger charge is -2.15. The predicted molar refractivity (Wildman–Crippen MR) is 87.3 cm³/mol. The zero-order valence-electron chi connectivity index (χ0n) is 14.0. The predicted octanol–water partition coefficient (Wildman–Crippen LogP) is 1.28. The van der Waals surface area contributed by atoms with Crippen molar-refractivity contribution in [3.63, 3.8) is 0 Å². The first-order chi connectivity index (χ1) is 11.1. The molecule has 23 heavy (non-hydrogen) atoms. The number of hydrogen-bond donors (Lipinski definition) is 2. The van der Waals surface area contributed by atoms with E-state index in [-0.39, 0.29) is 5.91 Å². The van der Waals surface area contributed by atoms with E-state index in [4.69, 9.17) is 0 Å². The van der Waals surface area contributed by atoms with E-state index in [0.717, 1.165) is 44.0 Å². The number of rotatable bonds is 5. The maximum atomic E-state index is 11.9. The Balaban J connectivity index is 1.68. The molecule has 124 valence electrons. The number of aryl methyl sites for hydroxylation is 2. The second-order valence-electron chi connectivity index (χ2n) is 6.09. The third-order valence-electron chi connectivity index (χ3n) is 4.59. The van der Waals surface area contributed by atoms with Crippen LogP contribution in [-0.4, -0.2) is 50.9 Å². The lowest BCUT2D eigenvalue weighted by molar-refractivity contribution is 0.0961. The summed E-state index contributed by atoms with van der Waals surface area (Å²) >= 11 is 0. The summed E-state index contributed by atoms with van der Waals surface area (Å²) in [6.45, 7) is 7.92. The Labute approximate surface area is 136 Å². The van der Waals surface area contributed by atoms with Gasteiger partial charge in [-0.25, -0.2) is 0 Å². The molecule has 7 heteroatoms. The second kappa shape index (κ2) is 6.54. The molecule has 2 aromatic rings. The fraction of sp³-hybridized carbons (Fsp3) is 0.562. The van der Waals surface area contributed by atoms with Crippen LogP contribution < -0.4 is 5.32 Å². The molecule has 1 atom stereocenters. The van der Waals surface area contributed by atoms with E-state index in [2.05, 4.69) is 45.6 Å². The van der Waals surface area contributed by atoms with Gasteiger partial charge in [-0.1, -0.05) is 0 Å². The molecule has 3 rings (SSSR count). The van der Waals surface area contributed by atoms with Gasteiger partial charge in [0.05, 0.1) is 23.1 Å². The molecular formula is C16H24N6O. The molecule has 0 radical (unpaired) electrons. The summed E-state index contributed by atoms with van der Waals surface area (Å²) in [5, 5.41) is 14.3. The Bertz CT molecular complexity index is 689. The molecule has 1 unspecified atom stereocenters. The van der Waals surface area contributed by atoms with E-state index in [1.54, 1.807) is 13.2 Å². The van der Waals surface area contributed by atoms with Gasteiger partial charge >= 0.3 is 0 Å². The van der Waals surface area contributed by atoms with Crippen molar-refractivity contribution in [2.45, 2.75) is 39.3 Å². The number of carbonyl (C=O) groups excluding carboxylic acids is 1. The van der Waals surface area contributed by atoms with Gasteiger partial charge < -0.3 is 5.32 Å². The molecule has 1 aliphatic heterocycles. The van der Waals surface area contributed by atoms with Crippen LogP contribution in [0, 0.1) is 6.92 Å². The van der Waals surface area contributed by atoms with Crippen molar-refractivity contribution in [3.05, 3.63) is 34.9 Å². The third-order valence-corrected chi connectivity index (χ3v) is 4.59. The number of amides is 1. The number of likely N-dealkylation sites (tertiary alicyclic amines) is 1. The fourth-order valence-electron chi connectivity index (χ4n) is 3.25. The minimum Gasteiger partial charge on any atom is -0.355 e. The summed E-state index contributed by atoms with van der Waals surface area (Å²) in [6, 6.07) is 0. The van der Waals surface area contributed by atoms with Crippen LogP contribution in [0.15, 0.2) is 12.4 Å². The fourth-order valence-corrected chi connectivity index (χ4v) is 3.25. The monoisotopic (exact) mass is 316 g/mol. The first-order valence-electron chi connectivity index (χ1n) is 8.13. The van der Waals surface area contributed by atoms with Crippen molar-refractivity contribution in [2.75, 3.05) is 20.1 Å². The van der Waals surface area contributed by atoms with Gasteiger partial charge in [-0.05, 0) is 26.8 Å². The van der Waals surface area contributed by atoms with Gasteiger partial charge in [-0.15, -0.1) is 0 Å². The summed E-state index contributed by atoms with van der Waals surface area (Å²) in [7, 11) is 1.65. The topological polar surface area (TPSA) is 78.8 Å². The Morgan fingerprint density at radius 3 is 3.04 bits per heavy atom. The standard InChI is InChI=1S/C16H24N6O/c1-4-22-10-13(11(2)20-22)9-21-6-5-12(8-21)15-14(7-18-19-15)16(23)17-3/h7,10,12H,4-6,8-9H2,1-3H3,(H,17,23)(H,18,19). The minimum absolute atomic E-state index is 0.0766. The van der Waals surface area contributed by atoms with Crippen LogP contribution >= 0.6 is 0 Å². The van der Waals surface area contributed by atoms with Crippen molar-refractivity contribution in [1.29, 1.82) is 0 Å². The number of carbonyl (C=O) groups is 1. The zero-order valence-corrected chi connectivity index (χ0v) is 14.0. The number of H-pyrrole nitrogens is 1. The molecule has 1 aliphatic rings. The molecule has 0 saturated carbocycles. The van der Waals surface area contributed by atoms with E-state index in [1.807, 2.05) is 4.68 Å². The summed E-state index contributed by atoms with van der Waals surface area (Å²) in [5.74, 6) is 0.249. The van der Waals surface area contributed by atoms with Crippen molar-refractivity contribution < 1.29 is 4.79 Å². The van der Waals surface area contributed by atoms with Gasteiger partial charge in [-0.3, -0.25) is 19.5 Å². The van der Waals surface area contributed by atoms with Crippen LogP contribution in [0.5, 0.6) is 0 Å². The SMILES string of the molecule is CCn1cc(CN2CCC(c3[nH]ncc3C(=O)NC)C2)c(C)n1. The summed E-state index contributed by atoms with van der Waals surface area (Å²) in [4.78, 5) is 14.3. The van der Waals surface area contributed by atoms with Crippen LogP contribution in [0.3, 0.4) is 0 Å². The number of aromatic nitrogens is 4. The van der Waals surface area contributed by atoms with Gasteiger partial charge in [0.2, 0.25) is 0 Å². The van der Waals surface area contributed by atoms with Crippen LogP contribution in [0.25, 0.3) is 0 Å². The average Bonchev–Trinajstić information content (AvgIpc) is 3.27. The smallest absolute Gasteiger partial charge is 0.254 e. The largest absolute Gasteiger partial charge is 0.355 e. The molecule has 2 aromatic heterocycles. The van der Waals surface area contributed by atoms with Gasteiger partial charge in [0, 0.05) is 44.4 Å². The number of hydrogen-bond acceptors (Lipinski definition) is 4. The Kier molecular flexibility index (Phi) is 4.47. The molecular weight excluding hydrogens is 292 g/mol. The highest BCUT2D eigenvalue weighted by molar-refractivity contribution is 5.95. The third kappa shape index (κ3) is 3.14. The molecule has 1 saturated heterocycles. The maximum absolute atomic E-state index is 11.9. The quantitative estimate of drug-likeness (QED) is 0.871. The first kappa shape index (κ1) is 15.7. The van der Waals surface area contributed by atoms with E-state index >= 15 is 0 Å². The number of nitrogens with one attached hydrogen (secondary N) is 2. The highest BCUT2D eigenvalue weighted by Gasteiger charge is 2.29. The van der Waals surface area contributed by atoms with Gasteiger partial charge in [0.15, 0.2) is 0 Å². The average molecular weight is 316 g/mol. The van der Waals surface area contributed by atoms with Crippen molar-refractivity contribution >= 4 is 5.91 Å². The van der Waals surface area contributed by atoms with E-state index in [1.165, 1.54) is 5.56 Å². The molecule has 7 nitrogen and oxygen atoms in total. The van der Waals surface area contributed by atoms with Crippen molar-refractivity contribution in [3.8, 4) is 0 Å². The summed E-state index contributed by atoms with van der Waals surface area (Å²) < 4.78 is 1.98. The van der Waals surface area contributed by atoms with Gasteiger partial charge in [-0.2, -0.15) is 10.2 Å². The molecule has 0 aliphatic carbocycles. The van der Waals surface area contributed by atoms with E-state index in [0.29, 0.717) is 11.5 Å². The number of nitrogens with zero attached hydrogens (tertiary/aromatic N) is 4. The first-order valence-corrected chi connectivity index (χ1v) is 8.13. The van der Waals surface area contributed by atoms with Crippen molar-refractivity contribution in [2.24, 2.45) is 0 Å². The lowest BCUT2D eigenvalue weighted by atomic mass is 10.0. The molecule has 0 aromatic carbocycles. The highest BCUT2D eigenvalue weighted by atomic mass is 16.1. The highest BCUT2D eigenvalue weighted by Crippen LogP contribution is 2.29. The zero-order chi connectivity index (χ0) is 16.4. The van der Waals surface area contributed by atoms with Crippen LogP contribution in [0.2, 0.25) is 0 Å². The van der Waals surface area contributed by atoms with Gasteiger partial charge in [0.25, 0.3) is 5.91 Å². The molecule has 0 spiro atoms. The Hall–Kier alpha value is -2.15. The van der Waals surface area contributed by atoms with Crippen molar-refractivity contribution in [1.82, 2.24) is 30.2 Å². The number of aromatic amines is 1. The minimum atomic E-state index is -0.0766. The Morgan fingerprint density at radius 2 is 2.35 bits per heavy atom. The van der Waals surface area contributed by atoms with Crippen LogP contribution in [-0.2, 0) is 13.1 Å². The normalized spacial score (nSPS) is 18.5. The van der Waals surface area contributed by atoms with Crippen LogP contribution in [0.1, 0.15) is 46.6 Å². The molecule has 3 heterocycles. The molecule has 1 amide bonds. The molecule has 2 N–H and O–H groups in total.